The predicted octanol–water partition coefficient (Wildman–Crippen LogP) is 3.58. The lowest BCUT2D eigenvalue weighted by Crippen LogP contribution is -2.27. The number of rotatable bonds is 7. The minimum atomic E-state index is -0.149. The summed E-state index contributed by atoms with van der Waals surface area (Å²) < 4.78 is 1.07. The average molecular weight is 391 g/mol. The van der Waals surface area contributed by atoms with Gasteiger partial charge in [-0.25, -0.2) is 0 Å². The number of aryl methyl sites for hydroxylation is 1. The van der Waals surface area contributed by atoms with E-state index in [9.17, 15) is 4.79 Å². The highest BCUT2D eigenvalue weighted by atomic mass is 79.9. The van der Waals surface area contributed by atoms with E-state index in [4.69, 9.17) is 0 Å². The molecule has 2 aromatic rings. The largest absolute Gasteiger partial charge is 0.355 e. The molecule has 0 aliphatic rings. The third-order valence-electron chi connectivity index (χ3n) is 3.51. The minimum Gasteiger partial charge on any atom is -0.355 e. The fourth-order valence-electron chi connectivity index (χ4n) is 2.21. The molecule has 1 aromatic carbocycles. The first-order chi connectivity index (χ1) is 11.5. The van der Waals surface area contributed by atoms with Gasteiger partial charge in [-0.1, -0.05) is 15.9 Å². The molecule has 2 N–H and O–H groups in total. The number of anilines is 2. The zero-order valence-corrected chi connectivity index (χ0v) is 15.9. The molecule has 2 rings (SSSR count). The van der Waals surface area contributed by atoms with Crippen molar-refractivity contribution in [3.05, 3.63) is 52.3 Å². The van der Waals surface area contributed by atoms with Crippen molar-refractivity contribution in [2.24, 2.45) is 0 Å². The van der Waals surface area contributed by atoms with Crippen molar-refractivity contribution in [2.45, 2.75) is 13.3 Å². The maximum Gasteiger partial charge on any atom is 0.269 e. The van der Waals surface area contributed by atoms with E-state index in [1.165, 1.54) is 0 Å². The molecule has 0 atom stereocenters. The Bertz CT molecular complexity index is 703. The number of nitrogens with zero attached hydrogens (tertiary/aromatic N) is 2. The van der Waals surface area contributed by atoms with Gasteiger partial charge in [-0.05, 0) is 69.9 Å². The van der Waals surface area contributed by atoms with Crippen LogP contribution >= 0.6 is 15.9 Å². The van der Waals surface area contributed by atoms with Gasteiger partial charge >= 0.3 is 0 Å². The molecule has 0 aliphatic heterocycles. The first-order valence-electron chi connectivity index (χ1n) is 7.88. The molecular weight excluding hydrogens is 368 g/mol. The molecule has 0 radical (unpaired) electrons. The number of hydrogen-bond acceptors (Lipinski definition) is 4. The van der Waals surface area contributed by atoms with Gasteiger partial charge in [0.15, 0.2) is 0 Å². The topological polar surface area (TPSA) is 57.3 Å². The Hall–Kier alpha value is -1.92. The molecule has 0 saturated heterocycles. The molecule has 1 heterocycles. The van der Waals surface area contributed by atoms with Gasteiger partial charge in [0.1, 0.15) is 5.69 Å². The number of amides is 1. The Labute approximate surface area is 151 Å². The molecule has 0 bridgehead atoms. The molecule has 24 heavy (non-hydrogen) atoms. The van der Waals surface area contributed by atoms with Crippen LogP contribution in [0.3, 0.4) is 0 Å². The number of benzene rings is 1. The van der Waals surface area contributed by atoms with Crippen LogP contribution in [0.1, 0.15) is 22.5 Å². The van der Waals surface area contributed by atoms with E-state index in [0.717, 1.165) is 34.4 Å². The van der Waals surface area contributed by atoms with E-state index in [-0.39, 0.29) is 5.91 Å². The van der Waals surface area contributed by atoms with Crippen molar-refractivity contribution in [1.82, 2.24) is 15.2 Å². The Morgan fingerprint density at radius 2 is 1.96 bits per heavy atom. The summed E-state index contributed by atoms with van der Waals surface area (Å²) >= 11 is 3.49. The third-order valence-corrected chi connectivity index (χ3v) is 4.40. The molecule has 0 fully saturated rings. The van der Waals surface area contributed by atoms with Gasteiger partial charge in [0, 0.05) is 28.6 Å². The summed E-state index contributed by atoms with van der Waals surface area (Å²) in [5.74, 6) is -0.149. The summed E-state index contributed by atoms with van der Waals surface area (Å²) in [4.78, 5) is 18.4. The van der Waals surface area contributed by atoms with Gasteiger partial charge in [-0.15, -0.1) is 0 Å². The van der Waals surface area contributed by atoms with Gasteiger partial charge < -0.3 is 15.5 Å². The molecular formula is C18H23BrN4O. The average Bonchev–Trinajstić information content (AvgIpc) is 2.55. The summed E-state index contributed by atoms with van der Waals surface area (Å²) in [5, 5.41) is 6.20. The first kappa shape index (κ1) is 18.4. The molecule has 0 spiro atoms. The normalized spacial score (nSPS) is 10.7. The van der Waals surface area contributed by atoms with Crippen LogP contribution in [0.15, 0.2) is 41.0 Å². The van der Waals surface area contributed by atoms with Gasteiger partial charge in [0.05, 0.1) is 0 Å². The zero-order valence-electron chi connectivity index (χ0n) is 14.3. The van der Waals surface area contributed by atoms with E-state index < -0.39 is 0 Å². The summed E-state index contributed by atoms with van der Waals surface area (Å²) in [6.07, 6.45) is 2.55. The molecule has 0 saturated carbocycles. The van der Waals surface area contributed by atoms with Gasteiger partial charge in [-0.2, -0.15) is 0 Å². The van der Waals surface area contributed by atoms with Gasteiger partial charge in [-0.3, -0.25) is 9.78 Å². The highest BCUT2D eigenvalue weighted by molar-refractivity contribution is 9.10. The number of hydrogen-bond donors (Lipinski definition) is 2. The van der Waals surface area contributed by atoms with Crippen LogP contribution in [0, 0.1) is 6.92 Å². The first-order valence-corrected chi connectivity index (χ1v) is 8.67. The van der Waals surface area contributed by atoms with E-state index >= 15 is 0 Å². The number of nitrogens with one attached hydrogen (secondary N) is 2. The molecule has 1 aromatic heterocycles. The van der Waals surface area contributed by atoms with Crippen LogP contribution in [0.2, 0.25) is 0 Å². The Morgan fingerprint density at radius 1 is 1.21 bits per heavy atom. The summed E-state index contributed by atoms with van der Waals surface area (Å²) in [6, 6.07) is 9.64. The zero-order chi connectivity index (χ0) is 17.5. The van der Waals surface area contributed by atoms with Crippen molar-refractivity contribution in [1.29, 1.82) is 0 Å². The number of pyridine rings is 1. The van der Waals surface area contributed by atoms with Crippen LogP contribution in [0.25, 0.3) is 0 Å². The number of carbonyl (C=O) groups is 1. The van der Waals surface area contributed by atoms with Crippen molar-refractivity contribution in [3.63, 3.8) is 0 Å². The van der Waals surface area contributed by atoms with E-state index in [0.29, 0.717) is 12.2 Å². The molecule has 1 amide bonds. The SMILES string of the molecule is Cc1cc(Nc2ccnc(C(=O)NCCCN(C)C)c2)ccc1Br. The Balaban J connectivity index is 1.97. The number of carbonyl (C=O) groups excluding carboxylic acids is 1. The van der Waals surface area contributed by atoms with Crippen molar-refractivity contribution < 1.29 is 4.79 Å². The molecule has 5 nitrogen and oxygen atoms in total. The van der Waals surface area contributed by atoms with E-state index in [2.05, 4.69) is 36.4 Å². The van der Waals surface area contributed by atoms with E-state index in [1.807, 2.05) is 45.3 Å². The lowest BCUT2D eigenvalue weighted by atomic mass is 10.2. The molecule has 0 aliphatic carbocycles. The summed E-state index contributed by atoms with van der Waals surface area (Å²) in [5.41, 5.74) is 3.37. The standard InChI is InChI=1S/C18H23BrN4O/c1-13-11-14(5-6-16(13)19)22-15-7-9-20-17(12-15)18(24)21-8-4-10-23(2)3/h5-7,9,11-12H,4,8,10H2,1-3H3,(H,20,22)(H,21,24). The lowest BCUT2D eigenvalue weighted by molar-refractivity contribution is 0.0947. The van der Waals surface area contributed by atoms with Crippen molar-refractivity contribution in [3.8, 4) is 0 Å². The smallest absolute Gasteiger partial charge is 0.269 e. The molecule has 0 unspecified atom stereocenters. The van der Waals surface area contributed by atoms with Crippen LogP contribution in [-0.2, 0) is 0 Å². The summed E-state index contributed by atoms with van der Waals surface area (Å²) in [7, 11) is 4.03. The second-order valence-corrected chi connectivity index (χ2v) is 6.79. The fourth-order valence-corrected chi connectivity index (χ4v) is 2.46. The highest BCUT2D eigenvalue weighted by Gasteiger charge is 2.08. The quantitative estimate of drug-likeness (QED) is 0.709. The maximum absolute atomic E-state index is 12.2. The Morgan fingerprint density at radius 3 is 2.67 bits per heavy atom. The third kappa shape index (κ3) is 5.62. The fraction of sp³-hybridized carbons (Fsp3) is 0.333. The minimum absolute atomic E-state index is 0.149. The summed E-state index contributed by atoms with van der Waals surface area (Å²) in [6.45, 7) is 3.62. The monoisotopic (exact) mass is 390 g/mol. The van der Waals surface area contributed by atoms with Gasteiger partial charge in [0.25, 0.3) is 5.91 Å². The lowest BCUT2D eigenvalue weighted by Gasteiger charge is -2.11. The highest BCUT2D eigenvalue weighted by Crippen LogP contribution is 2.23. The van der Waals surface area contributed by atoms with Gasteiger partial charge in [0.2, 0.25) is 0 Å². The van der Waals surface area contributed by atoms with Crippen LogP contribution in [-0.4, -0.2) is 43.0 Å². The Kier molecular flexibility index (Phi) is 6.75. The number of aromatic nitrogens is 1. The second-order valence-electron chi connectivity index (χ2n) is 5.93. The van der Waals surface area contributed by atoms with Crippen molar-refractivity contribution in [2.75, 3.05) is 32.5 Å². The van der Waals surface area contributed by atoms with Crippen LogP contribution < -0.4 is 10.6 Å². The number of halogens is 1. The molecule has 128 valence electrons. The van der Waals surface area contributed by atoms with E-state index in [1.54, 1.807) is 12.3 Å². The van der Waals surface area contributed by atoms with Crippen LogP contribution in [0.4, 0.5) is 11.4 Å². The van der Waals surface area contributed by atoms with Crippen LogP contribution in [0.5, 0.6) is 0 Å². The molecule has 6 heteroatoms. The second kappa shape index (κ2) is 8.80. The maximum atomic E-state index is 12.2. The van der Waals surface area contributed by atoms with Crippen molar-refractivity contribution >= 4 is 33.2 Å². The predicted molar refractivity (Wildman–Crippen MR) is 102 cm³/mol.